The molecule has 1 atom stereocenters. The number of ether oxygens (including phenoxy) is 1. The quantitative estimate of drug-likeness (QED) is 0.476. The Bertz CT molecular complexity index is 999. The third-order valence-corrected chi connectivity index (χ3v) is 7.87. The number of carbonyl (C=O) groups excluding carboxylic acids is 1. The number of hydrazine groups is 1. The molecule has 0 aromatic heterocycles. The number of halogens is 3. The molecule has 35 heavy (non-hydrogen) atoms. The number of hydrogen-bond acceptors (Lipinski definition) is 7. The molecule has 7 nitrogen and oxygen atoms in total. The fraction of sp³-hybridized carbons (Fsp3) is 0.625. The van der Waals surface area contributed by atoms with E-state index in [0.29, 0.717) is 11.5 Å². The Hall–Kier alpha value is -2.13. The molecular formula is C24H30F3N5O2S. The number of alkyl halides is 3. The van der Waals surface area contributed by atoms with Gasteiger partial charge in [-0.2, -0.15) is 13.2 Å². The second-order valence-corrected chi connectivity index (χ2v) is 10.9. The van der Waals surface area contributed by atoms with E-state index in [-0.39, 0.29) is 46.6 Å². The summed E-state index contributed by atoms with van der Waals surface area (Å²) in [5.41, 5.74) is -0.748. The Morgan fingerprint density at radius 2 is 2.03 bits per heavy atom. The van der Waals surface area contributed by atoms with Crippen LogP contribution < -0.4 is 16.1 Å². The molecule has 1 unspecified atom stereocenters. The number of nitrogens with one attached hydrogen (secondary N) is 3. The summed E-state index contributed by atoms with van der Waals surface area (Å²) in [5, 5.41) is 7.93. The SMILES string of the molecule is CC1(N2CCC(NC3=CC=CC4=C(SC(F)(F)F)C(C#CCNC(=O)C5CC5)NN34)CC2)COC1. The Labute approximate surface area is 207 Å². The van der Waals surface area contributed by atoms with Gasteiger partial charge in [0, 0.05) is 30.0 Å². The van der Waals surface area contributed by atoms with Crippen LogP contribution in [0, 0.1) is 17.8 Å². The first-order valence-corrected chi connectivity index (χ1v) is 12.8. The first kappa shape index (κ1) is 24.6. The van der Waals surface area contributed by atoms with Crippen molar-refractivity contribution in [3.05, 3.63) is 34.7 Å². The third kappa shape index (κ3) is 5.66. The van der Waals surface area contributed by atoms with Gasteiger partial charge in [0.2, 0.25) is 5.91 Å². The smallest absolute Gasteiger partial charge is 0.377 e. The summed E-state index contributed by atoms with van der Waals surface area (Å²) >= 11 is -0.142. The van der Waals surface area contributed by atoms with Crippen LogP contribution in [-0.4, -0.2) is 71.8 Å². The Balaban J connectivity index is 1.24. The molecule has 11 heteroatoms. The van der Waals surface area contributed by atoms with Gasteiger partial charge in [-0.15, -0.1) is 0 Å². The van der Waals surface area contributed by atoms with E-state index in [1.54, 1.807) is 17.2 Å². The van der Waals surface area contributed by atoms with Gasteiger partial charge in [0.15, 0.2) is 0 Å². The van der Waals surface area contributed by atoms with E-state index in [1.165, 1.54) is 0 Å². The largest absolute Gasteiger partial charge is 0.446 e. The van der Waals surface area contributed by atoms with Gasteiger partial charge < -0.3 is 15.4 Å². The zero-order chi connectivity index (χ0) is 24.6. The monoisotopic (exact) mass is 509 g/mol. The highest BCUT2D eigenvalue weighted by Gasteiger charge is 2.42. The van der Waals surface area contributed by atoms with Crippen LogP contribution in [0.5, 0.6) is 0 Å². The normalized spacial score (nSPS) is 26.5. The highest BCUT2D eigenvalue weighted by molar-refractivity contribution is 8.04. The minimum atomic E-state index is -4.43. The maximum Gasteiger partial charge on any atom is 0.446 e. The third-order valence-electron chi connectivity index (χ3n) is 6.97. The van der Waals surface area contributed by atoms with Crippen LogP contribution in [0.4, 0.5) is 13.2 Å². The molecule has 5 rings (SSSR count). The molecule has 4 aliphatic heterocycles. The minimum absolute atomic E-state index is 0.0402. The maximum atomic E-state index is 13.4. The van der Waals surface area contributed by atoms with Crippen LogP contribution >= 0.6 is 11.8 Å². The molecule has 0 bridgehead atoms. The molecule has 190 valence electrons. The molecule has 3 fully saturated rings. The number of thioether (sulfide) groups is 1. The van der Waals surface area contributed by atoms with Gasteiger partial charge in [0.05, 0.1) is 31.0 Å². The predicted molar refractivity (Wildman–Crippen MR) is 127 cm³/mol. The summed E-state index contributed by atoms with van der Waals surface area (Å²) in [6.45, 7) is 5.77. The molecule has 1 amide bonds. The molecule has 2 saturated heterocycles. The molecule has 0 aromatic carbocycles. The lowest BCUT2D eigenvalue weighted by Gasteiger charge is -2.50. The van der Waals surface area contributed by atoms with E-state index in [0.717, 1.165) is 52.0 Å². The Morgan fingerprint density at radius 3 is 2.66 bits per heavy atom. The lowest BCUT2D eigenvalue weighted by Crippen LogP contribution is -2.62. The zero-order valence-corrected chi connectivity index (χ0v) is 20.4. The van der Waals surface area contributed by atoms with Crippen molar-refractivity contribution in [2.24, 2.45) is 5.92 Å². The standard InChI is InChI=1S/C24H30F3N5O2S/c1-23(14-34-15-23)31-12-9-17(10-13-31)29-20-6-2-5-19-21(35-24(25,26)27)18(30-32(19)20)4-3-11-28-22(33)16-7-8-16/h2,5-6,16-18,29-30H,7-15H2,1H3,(H,28,33). The van der Waals surface area contributed by atoms with Gasteiger partial charge >= 0.3 is 5.51 Å². The topological polar surface area (TPSA) is 68.9 Å². The minimum Gasteiger partial charge on any atom is -0.377 e. The van der Waals surface area contributed by atoms with E-state index in [9.17, 15) is 18.0 Å². The van der Waals surface area contributed by atoms with Gasteiger partial charge in [-0.25, -0.2) is 5.43 Å². The molecule has 0 aromatic rings. The van der Waals surface area contributed by atoms with Crippen LogP contribution in [0.25, 0.3) is 0 Å². The van der Waals surface area contributed by atoms with Crippen LogP contribution in [0.2, 0.25) is 0 Å². The average Bonchev–Trinajstić information content (AvgIpc) is 3.59. The number of allylic oxidation sites excluding steroid dienone is 3. The number of fused-ring (bicyclic) bond motifs is 1. The van der Waals surface area contributed by atoms with Gasteiger partial charge in [-0.05, 0) is 56.5 Å². The maximum absolute atomic E-state index is 13.4. The van der Waals surface area contributed by atoms with Crippen LogP contribution in [0.15, 0.2) is 34.7 Å². The number of hydrogen-bond donors (Lipinski definition) is 3. The average molecular weight is 510 g/mol. The van der Waals surface area contributed by atoms with Gasteiger partial charge in [-0.3, -0.25) is 14.7 Å². The lowest BCUT2D eigenvalue weighted by atomic mass is 9.93. The van der Waals surface area contributed by atoms with Gasteiger partial charge in [-0.1, -0.05) is 17.9 Å². The summed E-state index contributed by atoms with van der Waals surface area (Å²) in [4.78, 5) is 14.4. The number of nitrogens with zero attached hydrogens (tertiary/aromatic N) is 2. The fourth-order valence-electron chi connectivity index (χ4n) is 4.75. The second kappa shape index (κ2) is 9.73. The van der Waals surface area contributed by atoms with Crippen molar-refractivity contribution in [3.63, 3.8) is 0 Å². The van der Waals surface area contributed by atoms with Gasteiger partial charge in [0.1, 0.15) is 11.9 Å². The molecule has 4 heterocycles. The summed E-state index contributed by atoms with van der Waals surface area (Å²) in [6, 6.07) is -0.596. The van der Waals surface area contributed by atoms with Crippen molar-refractivity contribution in [2.45, 2.75) is 55.7 Å². The van der Waals surface area contributed by atoms with Gasteiger partial charge in [0.25, 0.3) is 0 Å². The summed E-state index contributed by atoms with van der Waals surface area (Å²) in [5.74, 6) is 6.45. The summed E-state index contributed by atoms with van der Waals surface area (Å²) in [7, 11) is 0. The molecule has 0 radical (unpaired) electrons. The molecule has 1 saturated carbocycles. The van der Waals surface area contributed by atoms with Crippen molar-refractivity contribution in [2.75, 3.05) is 32.8 Å². The van der Waals surface area contributed by atoms with Crippen molar-refractivity contribution in [1.29, 1.82) is 0 Å². The van der Waals surface area contributed by atoms with Crippen LogP contribution in [0.3, 0.4) is 0 Å². The highest BCUT2D eigenvalue weighted by atomic mass is 32.2. The summed E-state index contributed by atoms with van der Waals surface area (Å²) in [6.07, 6.45) is 8.96. The molecule has 5 aliphatic rings. The van der Waals surface area contributed by atoms with E-state index < -0.39 is 11.6 Å². The number of rotatable bonds is 6. The molecule has 0 spiro atoms. The number of piperidine rings is 1. The van der Waals surface area contributed by atoms with Crippen LogP contribution in [-0.2, 0) is 9.53 Å². The van der Waals surface area contributed by atoms with Crippen molar-refractivity contribution >= 4 is 17.7 Å². The zero-order valence-electron chi connectivity index (χ0n) is 19.6. The fourth-order valence-corrected chi connectivity index (χ4v) is 5.49. The summed E-state index contributed by atoms with van der Waals surface area (Å²) < 4.78 is 45.5. The van der Waals surface area contributed by atoms with Crippen LogP contribution in [0.1, 0.15) is 32.6 Å². The van der Waals surface area contributed by atoms with E-state index in [4.69, 9.17) is 4.74 Å². The predicted octanol–water partition coefficient (Wildman–Crippen LogP) is 2.42. The van der Waals surface area contributed by atoms with E-state index in [1.807, 2.05) is 6.08 Å². The van der Waals surface area contributed by atoms with E-state index >= 15 is 0 Å². The number of amides is 1. The van der Waals surface area contributed by atoms with Crippen molar-refractivity contribution < 1.29 is 22.7 Å². The first-order chi connectivity index (χ1) is 16.7. The molecule has 3 N–H and O–H groups in total. The highest BCUT2D eigenvalue weighted by Crippen LogP contribution is 2.43. The Kier molecular flexibility index (Phi) is 6.83. The van der Waals surface area contributed by atoms with Crippen molar-refractivity contribution in [1.82, 2.24) is 26.0 Å². The van der Waals surface area contributed by atoms with Crippen molar-refractivity contribution in [3.8, 4) is 11.8 Å². The van der Waals surface area contributed by atoms with E-state index in [2.05, 4.69) is 39.7 Å². The lowest BCUT2D eigenvalue weighted by molar-refractivity contribution is -0.136. The molecule has 1 aliphatic carbocycles. The first-order valence-electron chi connectivity index (χ1n) is 12.0. The second-order valence-electron chi connectivity index (χ2n) is 9.81. The number of likely N-dealkylation sites (tertiary alicyclic amines) is 1. The molecular weight excluding hydrogens is 479 g/mol. The Morgan fingerprint density at radius 1 is 1.29 bits per heavy atom. The number of carbonyl (C=O) groups is 1.